The molecular formula is C26H30F4N8O3. The summed E-state index contributed by atoms with van der Waals surface area (Å²) in [6.07, 6.45) is -4.54. The quantitative estimate of drug-likeness (QED) is 0.464. The molecule has 41 heavy (non-hydrogen) atoms. The first-order valence-corrected chi connectivity index (χ1v) is 13.3. The summed E-state index contributed by atoms with van der Waals surface area (Å²) in [6.45, 7) is 5.02. The second-order valence-corrected chi connectivity index (χ2v) is 10.3. The van der Waals surface area contributed by atoms with Crippen molar-refractivity contribution in [2.45, 2.75) is 45.6 Å². The lowest BCUT2D eigenvalue weighted by molar-refractivity contribution is -0.137. The van der Waals surface area contributed by atoms with Gasteiger partial charge in [-0.15, -0.1) is 5.10 Å². The Kier molecular flexibility index (Phi) is 7.62. The Hall–Kier alpha value is -4.17. The number of anilines is 3. The highest BCUT2D eigenvalue weighted by molar-refractivity contribution is 5.91. The van der Waals surface area contributed by atoms with Gasteiger partial charge in [0.15, 0.2) is 0 Å². The molecule has 0 bridgehead atoms. The number of piperazine rings is 1. The molecule has 1 aromatic carbocycles. The lowest BCUT2D eigenvalue weighted by atomic mass is 10.1. The molecule has 1 unspecified atom stereocenters. The molecule has 1 N–H and O–H groups in total. The van der Waals surface area contributed by atoms with Crippen LogP contribution in [0.15, 0.2) is 29.1 Å². The van der Waals surface area contributed by atoms with Gasteiger partial charge in [0.1, 0.15) is 18.4 Å². The average Bonchev–Trinajstić information content (AvgIpc) is 3.37. The lowest BCUT2D eigenvalue weighted by Crippen LogP contribution is -2.50. The number of benzene rings is 1. The first-order chi connectivity index (χ1) is 19.4. The van der Waals surface area contributed by atoms with Crippen molar-refractivity contribution >= 4 is 34.9 Å². The van der Waals surface area contributed by atoms with Crippen LogP contribution in [0.2, 0.25) is 0 Å². The summed E-state index contributed by atoms with van der Waals surface area (Å²) in [5, 5.41) is 6.99. The Balaban J connectivity index is 1.50. The number of nitrogens with zero attached hydrogens (tertiary/aromatic N) is 7. The molecule has 0 aliphatic carbocycles. The van der Waals surface area contributed by atoms with Crippen LogP contribution in [0.4, 0.5) is 34.9 Å². The van der Waals surface area contributed by atoms with E-state index in [-0.39, 0.29) is 36.4 Å². The number of rotatable bonds is 5. The summed E-state index contributed by atoms with van der Waals surface area (Å²) in [5.41, 5.74) is -0.403. The fourth-order valence-electron chi connectivity index (χ4n) is 5.26. The van der Waals surface area contributed by atoms with Crippen molar-refractivity contribution in [3.05, 3.63) is 45.9 Å². The molecule has 0 radical (unpaired) electrons. The number of hydrogen-bond acceptors (Lipinski definition) is 7. The number of fused-ring (bicyclic) bond motifs is 1. The first-order valence-electron chi connectivity index (χ1n) is 13.3. The smallest absolute Gasteiger partial charge is 0.362 e. The number of aromatic nitrogens is 4. The maximum absolute atomic E-state index is 14.1. The van der Waals surface area contributed by atoms with E-state index in [0.717, 1.165) is 28.8 Å². The van der Waals surface area contributed by atoms with Crippen molar-refractivity contribution < 1.29 is 27.2 Å². The third-order valence-corrected chi connectivity index (χ3v) is 7.45. The summed E-state index contributed by atoms with van der Waals surface area (Å²) < 4.78 is 55.5. The number of carbonyl (C=O) groups excluding carboxylic acids is 2. The standard InChI is InChI=1S/C26H30F4N8O3/c1-16-22(35-12-10-34(11-13-35)17(2)39)23(41)38-25(32-24(33-38)36-9-3-4-19(27)14-36)37(16)15-21(40)31-20-7-5-18(6-8-20)26(28,29)30/h5-8,19H,3-4,9-15H2,1-2H3,(H,31,40). The van der Waals surface area contributed by atoms with E-state index in [1.165, 1.54) is 11.5 Å². The van der Waals surface area contributed by atoms with E-state index >= 15 is 0 Å². The second kappa shape index (κ2) is 11.0. The largest absolute Gasteiger partial charge is 0.416 e. The van der Waals surface area contributed by atoms with Gasteiger partial charge in [0.2, 0.25) is 23.5 Å². The van der Waals surface area contributed by atoms with Crippen LogP contribution in [0.3, 0.4) is 0 Å². The molecule has 0 spiro atoms. The third kappa shape index (κ3) is 5.84. The van der Waals surface area contributed by atoms with Crippen molar-refractivity contribution in [3.8, 4) is 0 Å². The molecule has 5 rings (SSSR count). The summed E-state index contributed by atoms with van der Waals surface area (Å²) >= 11 is 0. The number of amides is 2. The summed E-state index contributed by atoms with van der Waals surface area (Å²) in [6, 6.07) is 4.07. The molecule has 0 saturated carbocycles. The van der Waals surface area contributed by atoms with Crippen molar-refractivity contribution in [1.82, 2.24) is 24.1 Å². The molecule has 3 aromatic rings. The van der Waals surface area contributed by atoms with Gasteiger partial charge in [-0.2, -0.15) is 22.7 Å². The van der Waals surface area contributed by atoms with E-state index < -0.39 is 29.4 Å². The molecule has 2 aromatic heterocycles. The van der Waals surface area contributed by atoms with Gasteiger partial charge in [-0.1, -0.05) is 0 Å². The SMILES string of the molecule is CC(=O)N1CCN(c2c(C)n(CC(=O)Nc3ccc(C(F)(F)F)cc3)c3nc(N4CCCC(F)C4)nn3c2=O)CC1. The number of alkyl halides is 4. The molecule has 2 fully saturated rings. The van der Waals surface area contributed by atoms with Gasteiger partial charge >= 0.3 is 6.18 Å². The van der Waals surface area contributed by atoms with Gasteiger partial charge in [-0.25, -0.2) is 4.39 Å². The molecule has 4 heterocycles. The Morgan fingerprint density at radius 2 is 1.73 bits per heavy atom. The average molecular weight is 579 g/mol. The molecule has 1 atom stereocenters. The Morgan fingerprint density at radius 1 is 1.05 bits per heavy atom. The van der Waals surface area contributed by atoms with Gasteiger partial charge in [0.05, 0.1) is 12.1 Å². The zero-order chi connectivity index (χ0) is 29.5. The van der Waals surface area contributed by atoms with E-state index in [2.05, 4.69) is 15.4 Å². The van der Waals surface area contributed by atoms with Crippen LogP contribution in [0.25, 0.3) is 5.78 Å². The third-order valence-electron chi connectivity index (χ3n) is 7.45. The Morgan fingerprint density at radius 3 is 2.34 bits per heavy atom. The minimum Gasteiger partial charge on any atom is -0.362 e. The molecular weight excluding hydrogens is 548 g/mol. The Labute approximate surface area is 232 Å². The van der Waals surface area contributed by atoms with Gasteiger partial charge < -0.3 is 24.6 Å². The summed E-state index contributed by atoms with van der Waals surface area (Å²) in [4.78, 5) is 48.3. The fraction of sp³-hybridized carbons (Fsp3) is 0.500. The van der Waals surface area contributed by atoms with Gasteiger partial charge in [0, 0.05) is 51.0 Å². The predicted octanol–water partition coefficient (Wildman–Crippen LogP) is 2.46. The monoisotopic (exact) mass is 578 g/mol. The summed E-state index contributed by atoms with van der Waals surface area (Å²) in [5.74, 6) is -0.378. The normalized spacial score (nSPS) is 18.2. The molecule has 2 aliphatic rings. The van der Waals surface area contributed by atoms with E-state index in [4.69, 9.17) is 0 Å². The fourth-order valence-corrected chi connectivity index (χ4v) is 5.26. The van der Waals surface area contributed by atoms with Crippen LogP contribution < -0.4 is 20.7 Å². The van der Waals surface area contributed by atoms with Gasteiger partial charge in [-0.05, 0) is 44.0 Å². The highest BCUT2D eigenvalue weighted by Crippen LogP contribution is 2.30. The molecule has 15 heteroatoms. The maximum Gasteiger partial charge on any atom is 0.416 e. The number of hydrogen-bond donors (Lipinski definition) is 1. The number of halogens is 4. The van der Waals surface area contributed by atoms with Crippen LogP contribution >= 0.6 is 0 Å². The van der Waals surface area contributed by atoms with Crippen molar-refractivity contribution in [3.63, 3.8) is 0 Å². The molecule has 2 aliphatic heterocycles. The van der Waals surface area contributed by atoms with Gasteiger partial charge in [0.25, 0.3) is 5.56 Å². The molecule has 2 saturated heterocycles. The number of carbonyl (C=O) groups is 2. The van der Waals surface area contributed by atoms with Crippen LogP contribution in [-0.4, -0.2) is 81.3 Å². The van der Waals surface area contributed by atoms with Crippen molar-refractivity contribution in [2.24, 2.45) is 0 Å². The zero-order valence-electron chi connectivity index (χ0n) is 22.6. The Bertz CT molecular complexity index is 1510. The zero-order valence-corrected chi connectivity index (χ0v) is 22.6. The molecule has 11 nitrogen and oxygen atoms in total. The molecule has 2 amide bonds. The number of piperidine rings is 1. The highest BCUT2D eigenvalue weighted by Gasteiger charge is 2.31. The van der Waals surface area contributed by atoms with Crippen LogP contribution in [0.1, 0.15) is 31.0 Å². The summed E-state index contributed by atoms with van der Waals surface area (Å²) in [7, 11) is 0. The first kappa shape index (κ1) is 28.4. The van der Waals surface area contributed by atoms with E-state index in [1.807, 2.05) is 4.90 Å². The lowest BCUT2D eigenvalue weighted by Gasteiger charge is -2.36. The van der Waals surface area contributed by atoms with E-state index in [9.17, 15) is 31.9 Å². The predicted molar refractivity (Wildman–Crippen MR) is 143 cm³/mol. The van der Waals surface area contributed by atoms with E-state index in [0.29, 0.717) is 56.9 Å². The second-order valence-electron chi connectivity index (χ2n) is 10.3. The minimum atomic E-state index is -4.50. The number of nitrogens with one attached hydrogen (secondary N) is 1. The van der Waals surface area contributed by atoms with Gasteiger partial charge in [-0.3, -0.25) is 14.4 Å². The maximum atomic E-state index is 14.1. The van der Waals surface area contributed by atoms with Crippen LogP contribution in [0.5, 0.6) is 0 Å². The molecule has 220 valence electrons. The highest BCUT2D eigenvalue weighted by atomic mass is 19.4. The van der Waals surface area contributed by atoms with Crippen LogP contribution in [-0.2, 0) is 22.3 Å². The van der Waals surface area contributed by atoms with Crippen LogP contribution in [0, 0.1) is 6.92 Å². The van der Waals surface area contributed by atoms with Crippen molar-refractivity contribution in [2.75, 3.05) is 54.4 Å². The van der Waals surface area contributed by atoms with E-state index in [1.54, 1.807) is 16.7 Å². The topological polar surface area (TPSA) is 108 Å². The minimum absolute atomic E-state index is 0.0669. The van der Waals surface area contributed by atoms with Crippen molar-refractivity contribution in [1.29, 1.82) is 0 Å².